The van der Waals surface area contributed by atoms with Gasteiger partial charge in [0.15, 0.2) is 0 Å². The SMILES string of the molecule is Nc1ccc(NCCO)cc1CN(CCO)CCO. The molecule has 1 aromatic carbocycles. The van der Waals surface area contributed by atoms with E-state index in [-0.39, 0.29) is 19.8 Å². The zero-order valence-electron chi connectivity index (χ0n) is 11.0. The molecule has 0 unspecified atom stereocenters. The molecule has 0 bridgehead atoms. The third-order valence-corrected chi connectivity index (χ3v) is 2.81. The first kappa shape index (κ1) is 15.7. The Labute approximate surface area is 113 Å². The number of aliphatic hydroxyl groups excluding tert-OH is 3. The van der Waals surface area contributed by atoms with Gasteiger partial charge in [-0.2, -0.15) is 0 Å². The van der Waals surface area contributed by atoms with E-state index in [1.54, 1.807) is 0 Å². The highest BCUT2D eigenvalue weighted by molar-refractivity contribution is 5.57. The molecule has 0 spiro atoms. The summed E-state index contributed by atoms with van der Waals surface area (Å²) in [5, 5.41) is 29.8. The van der Waals surface area contributed by atoms with Crippen molar-refractivity contribution in [1.29, 1.82) is 0 Å². The van der Waals surface area contributed by atoms with E-state index in [0.717, 1.165) is 11.3 Å². The lowest BCUT2D eigenvalue weighted by atomic mass is 10.1. The van der Waals surface area contributed by atoms with Crippen molar-refractivity contribution in [3.8, 4) is 0 Å². The first-order chi connectivity index (χ1) is 9.21. The summed E-state index contributed by atoms with van der Waals surface area (Å²) < 4.78 is 0. The van der Waals surface area contributed by atoms with Gasteiger partial charge in [-0.25, -0.2) is 0 Å². The second-order valence-electron chi connectivity index (χ2n) is 4.29. The zero-order valence-corrected chi connectivity index (χ0v) is 11.0. The molecular weight excluding hydrogens is 246 g/mol. The number of nitrogens with two attached hydrogens (primary N) is 1. The maximum absolute atomic E-state index is 8.99. The largest absolute Gasteiger partial charge is 0.398 e. The van der Waals surface area contributed by atoms with Crippen molar-refractivity contribution in [2.75, 3.05) is 50.5 Å². The van der Waals surface area contributed by atoms with E-state index in [9.17, 15) is 0 Å². The minimum atomic E-state index is 0.0440. The van der Waals surface area contributed by atoms with Crippen LogP contribution in [-0.4, -0.2) is 59.7 Å². The van der Waals surface area contributed by atoms with Crippen LogP contribution in [0, 0.1) is 0 Å². The molecule has 0 aliphatic rings. The molecule has 6 heteroatoms. The van der Waals surface area contributed by atoms with Gasteiger partial charge in [-0.15, -0.1) is 0 Å². The number of rotatable bonds is 9. The average molecular weight is 269 g/mol. The maximum atomic E-state index is 8.99. The first-order valence-corrected chi connectivity index (χ1v) is 6.38. The second kappa shape index (κ2) is 8.71. The monoisotopic (exact) mass is 269 g/mol. The molecule has 0 aliphatic heterocycles. The van der Waals surface area contributed by atoms with Crippen molar-refractivity contribution in [3.63, 3.8) is 0 Å². The fraction of sp³-hybridized carbons (Fsp3) is 0.538. The van der Waals surface area contributed by atoms with E-state index in [1.807, 2.05) is 23.1 Å². The lowest BCUT2D eigenvalue weighted by molar-refractivity contribution is 0.156. The Bertz CT molecular complexity index is 368. The third kappa shape index (κ3) is 5.44. The van der Waals surface area contributed by atoms with Crippen LogP contribution in [0.2, 0.25) is 0 Å². The molecule has 0 saturated heterocycles. The number of hydrogen-bond donors (Lipinski definition) is 5. The van der Waals surface area contributed by atoms with Crippen LogP contribution in [0.5, 0.6) is 0 Å². The van der Waals surface area contributed by atoms with Crippen molar-refractivity contribution < 1.29 is 15.3 Å². The summed E-state index contributed by atoms with van der Waals surface area (Å²) in [6.45, 7) is 2.20. The van der Waals surface area contributed by atoms with Gasteiger partial charge in [0.25, 0.3) is 0 Å². The molecule has 1 aromatic rings. The fourth-order valence-electron chi connectivity index (χ4n) is 1.85. The van der Waals surface area contributed by atoms with Gasteiger partial charge >= 0.3 is 0 Å². The van der Waals surface area contributed by atoms with E-state index in [1.165, 1.54) is 0 Å². The van der Waals surface area contributed by atoms with Gasteiger partial charge in [0, 0.05) is 37.6 Å². The van der Waals surface area contributed by atoms with Gasteiger partial charge in [0.1, 0.15) is 0 Å². The lowest BCUT2D eigenvalue weighted by Crippen LogP contribution is -2.29. The van der Waals surface area contributed by atoms with Crippen LogP contribution in [0.1, 0.15) is 5.56 Å². The number of aliphatic hydroxyl groups is 3. The number of nitrogens with zero attached hydrogens (tertiary/aromatic N) is 1. The van der Waals surface area contributed by atoms with Crippen LogP contribution in [0.15, 0.2) is 18.2 Å². The quantitative estimate of drug-likeness (QED) is 0.386. The molecule has 0 aliphatic carbocycles. The standard InChI is InChI=1S/C13H23N3O3/c14-13-2-1-12(15-3-6-17)9-11(13)10-16(4-7-18)5-8-19/h1-2,9,15,17-19H,3-8,10,14H2. The summed E-state index contributed by atoms with van der Waals surface area (Å²) in [5.74, 6) is 0. The van der Waals surface area contributed by atoms with Crippen LogP contribution >= 0.6 is 0 Å². The Hall–Kier alpha value is -1.34. The van der Waals surface area contributed by atoms with Gasteiger partial charge < -0.3 is 26.4 Å². The fourth-order valence-corrected chi connectivity index (χ4v) is 1.85. The molecule has 19 heavy (non-hydrogen) atoms. The molecule has 108 valence electrons. The third-order valence-electron chi connectivity index (χ3n) is 2.81. The smallest absolute Gasteiger partial charge is 0.0604 e. The van der Waals surface area contributed by atoms with Crippen LogP contribution < -0.4 is 11.1 Å². The van der Waals surface area contributed by atoms with Crippen LogP contribution in [-0.2, 0) is 6.54 Å². The molecule has 0 aromatic heterocycles. The summed E-state index contributed by atoms with van der Waals surface area (Å²) in [5.41, 5.74) is 8.44. The highest BCUT2D eigenvalue weighted by atomic mass is 16.3. The Morgan fingerprint density at radius 3 is 2.32 bits per heavy atom. The van der Waals surface area contributed by atoms with E-state index in [4.69, 9.17) is 21.1 Å². The van der Waals surface area contributed by atoms with Crippen molar-refractivity contribution >= 4 is 11.4 Å². The van der Waals surface area contributed by atoms with Gasteiger partial charge in [0.05, 0.1) is 19.8 Å². The summed E-state index contributed by atoms with van der Waals surface area (Å²) in [7, 11) is 0. The van der Waals surface area contributed by atoms with Crippen molar-refractivity contribution in [2.24, 2.45) is 0 Å². The molecule has 0 heterocycles. The molecule has 0 atom stereocenters. The predicted molar refractivity (Wildman–Crippen MR) is 75.9 cm³/mol. The molecular formula is C13H23N3O3. The maximum Gasteiger partial charge on any atom is 0.0604 e. The molecule has 0 saturated carbocycles. The van der Waals surface area contributed by atoms with Gasteiger partial charge in [-0.05, 0) is 23.8 Å². The molecule has 1 rings (SSSR count). The molecule has 0 fully saturated rings. The highest BCUT2D eigenvalue weighted by Crippen LogP contribution is 2.19. The van der Waals surface area contributed by atoms with Crippen molar-refractivity contribution in [3.05, 3.63) is 23.8 Å². The van der Waals surface area contributed by atoms with Crippen LogP contribution in [0.3, 0.4) is 0 Å². The van der Waals surface area contributed by atoms with E-state index >= 15 is 0 Å². The second-order valence-corrected chi connectivity index (χ2v) is 4.29. The first-order valence-electron chi connectivity index (χ1n) is 6.38. The highest BCUT2D eigenvalue weighted by Gasteiger charge is 2.08. The van der Waals surface area contributed by atoms with Crippen LogP contribution in [0.25, 0.3) is 0 Å². The summed E-state index contributed by atoms with van der Waals surface area (Å²) in [4.78, 5) is 1.93. The predicted octanol–water partition coefficient (Wildman–Crippen LogP) is -0.540. The van der Waals surface area contributed by atoms with E-state index in [2.05, 4.69) is 5.32 Å². The van der Waals surface area contributed by atoms with E-state index < -0.39 is 0 Å². The van der Waals surface area contributed by atoms with E-state index in [0.29, 0.717) is 31.9 Å². The number of nitrogen functional groups attached to an aromatic ring is 1. The Morgan fingerprint density at radius 2 is 1.74 bits per heavy atom. The topological polar surface area (TPSA) is 102 Å². The normalized spacial score (nSPS) is 10.9. The number of nitrogens with one attached hydrogen (secondary N) is 1. The number of benzene rings is 1. The van der Waals surface area contributed by atoms with Crippen molar-refractivity contribution in [2.45, 2.75) is 6.54 Å². The lowest BCUT2D eigenvalue weighted by Gasteiger charge is -2.21. The molecule has 6 N–H and O–H groups in total. The van der Waals surface area contributed by atoms with Gasteiger partial charge in [0.2, 0.25) is 0 Å². The molecule has 0 radical (unpaired) electrons. The summed E-state index contributed by atoms with van der Waals surface area (Å²) in [6, 6.07) is 5.59. The zero-order chi connectivity index (χ0) is 14.1. The summed E-state index contributed by atoms with van der Waals surface area (Å²) >= 11 is 0. The summed E-state index contributed by atoms with van der Waals surface area (Å²) in [6.07, 6.45) is 0. The van der Waals surface area contributed by atoms with Gasteiger partial charge in [-0.1, -0.05) is 0 Å². The Kier molecular flexibility index (Phi) is 7.20. The Morgan fingerprint density at radius 1 is 1.05 bits per heavy atom. The van der Waals surface area contributed by atoms with Gasteiger partial charge in [-0.3, -0.25) is 4.90 Å². The Balaban J connectivity index is 2.73. The van der Waals surface area contributed by atoms with Crippen LogP contribution in [0.4, 0.5) is 11.4 Å². The number of anilines is 2. The minimum Gasteiger partial charge on any atom is -0.398 e. The average Bonchev–Trinajstić information content (AvgIpc) is 2.40. The van der Waals surface area contributed by atoms with Crippen molar-refractivity contribution in [1.82, 2.24) is 4.90 Å². The molecule has 6 nitrogen and oxygen atoms in total. The number of hydrogen-bond acceptors (Lipinski definition) is 6. The minimum absolute atomic E-state index is 0.0440. The molecule has 0 amide bonds.